The summed E-state index contributed by atoms with van der Waals surface area (Å²) in [6.07, 6.45) is 0. The van der Waals surface area contributed by atoms with E-state index in [9.17, 15) is 4.79 Å². The van der Waals surface area contributed by atoms with Gasteiger partial charge < -0.3 is 5.32 Å². The molecular formula is C15H13Cl2N3O. The van der Waals surface area contributed by atoms with Crippen LogP contribution in [-0.4, -0.2) is 11.7 Å². The third-order valence-corrected chi connectivity index (χ3v) is 3.29. The number of anilines is 1. The number of rotatable bonds is 3. The second kappa shape index (κ2) is 7.11. The summed E-state index contributed by atoms with van der Waals surface area (Å²) in [4.78, 5) is 11.7. The zero-order valence-electron chi connectivity index (χ0n) is 11.2. The van der Waals surface area contributed by atoms with Crippen LogP contribution >= 0.6 is 23.2 Å². The van der Waals surface area contributed by atoms with Crippen LogP contribution in [0.3, 0.4) is 0 Å². The fourth-order valence-electron chi connectivity index (χ4n) is 1.60. The van der Waals surface area contributed by atoms with Gasteiger partial charge in [-0.3, -0.25) is 0 Å². The van der Waals surface area contributed by atoms with Crippen LogP contribution in [0.1, 0.15) is 12.5 Å². The van der Waals surface area contributed by atoms with E-state index in [-0.39, 0.29) is 0 Å². The summed E-state index contributed by atoms with van der Waals surface area (Å²) < 4.78 is 0. The predicted molar refractivity (Wildman–Crippen MR) is 87.3 cm³/mol. The molecule has 0 aromatic heterocycles. The lowest BCUT2D eigenvalue weighted by molar-refractivity contribution is 0.252. The quantitative estimate of drug-likeness (QED) is 0.633. The summed E-state index contributed by atoms with van der Waals surface area (Å²) in [5.74, 6) is 0. The molecule has 21 heavy (non-hydrogen) atoms. The molecular weight excluding hydrogens is 309 g/mol. The molecule has 2 N–H and O–H groups in total. The zero-order chi connectivity index (χ0) is 15.2. The summed E-state index contributed by atoms with van der Waals surface area (Å²) in [7, 11) is 0. The average Bonchev–Trinajstić information content (AvgIpc) is 2.48. The van der Waals surface area contributed by atoms with E-state index in [1.54, 1.807) is 43.3 Å². The van der Waals surface area contributed by atoms with Crippen molar-refractivity contribution in [2.75, 3.05) is 5.32 Å². The van der Waals surface area contributed by atoms with Crippen molar-refractivity contribution in [2.45, 2.75) is 6.92 Å². The second-order valence-corrected chi connectivity index (χ2v) is 5.09. The number of carbonyl (C=O) groups is 1. The summed E-state index contributed by atoms with van der Waals surface area (Å²) in [6, 6.07) is 13.7. The van der Waals surface area contributed by atoms with Gasteiger partial charge in [-0.1, -0.05) is 47.5 Å². The van der Waals surface area contributed by atoms with E-state index in [1.165, 1.54) is 0 Å². The fourth-order valence-corrected chi connectivity index (χ4v) is 1.91. The molecule has 0 bridgehead atoms. The summed E-state index contributed by atoms with van der Waals surface area (Å²) in [6.45, 7) is 1.79. The highest BCUT2D eigenvalue weighted by atomic mass is 35.5. The van der Waals surface area contributed by atoms with Gasteiger partial charge in [-0.25, -0.2) is 10.2 Å². The first-order valence-electron chi connectivity index (χ1n) is 6.18. The lowest BCUT2D eigenvalue weighted by atomic mass is 10.1. The lowest BCUT2D eigenvalue weighted by Gasteiger charge is -2.07. The molecule has 0 aliphatic heterocycles. The Morgan fingerprint density at radius 2 is 1.71 bits per heavy atom. The van der Waals surface area contributed by atoms with Gasteiger partial charge >= 0.3 is 6.03 Å². The molecule has 2 amide bonds. The molecule has 0 heterocycles. The van der Waals surface area contributed by atoms with Crippen LogP contribution in [0.5, 0.6) is 0 Å². The first kappa shape index (κ1) is 15.4. The van der Waals surface area contributed by atoms with Gasteiger partial charge in [0.15, 0.2) is 0 Å². The monoisotopic (exact) mass is 321 g/mol. The van der Waals surface area contributed by atoms with Crippen molar-refractivity contribution in [3.05, 3.63) is 64.1 Å². The highest BCUT2D eigenvalue weighted by Crippen LogP contribution is 2.20. The van der Waals surface area contributed by atoms with Crippen molar-refractivity contribution in [3.8, 4) is 0 Å². The standard InChI is InChI=1S/C15H13Cl2N3O/c1-10(11-6-8-12(16)9-7-11)19-20-15(21)18-14-5-3-2-4-13(14)17/h2-9H,1H3,(H2,18,20,21)/b19-10+. The van der Waals surface area contributed by atoms with Gasteiger partial charge in [0.25, 0.3) is 0 Å². The van der Waals surface area contributed by atoms with Gasteiger partial charge in [-0.05, 0) is 36.8 Å². The molecule has 0 spiro atoms. The molecule has 2 aromatic carbocycles. The molecule has 6 heteroatoms. The van der Waals surface area contributed by atoms with Crippen LogP contribution in [0, 0.1) is 0 Å². The molecule has 2 aromatic rings. The normalized spacial score (nSPS) is 11.1. The minimum atomic E-state index is -0.462. The maximum atomic E-state index is 11.7. The largest absolute Gasteiger partial charge is 0.339 e. The third-order valence-electron chi connectivity index (χ3n) is 2.71. The van der Waals surface area contributed by atoms with Crippen molar-refractivity contribution in [3.63, 3.8) is 0 Å². The summed E-state index contributed by atoms with van der Waals surface area (Å²) in [5, 5.41) is 7.75. The molecule has 0 saturated carbocycles. The number of nitrogens with one attached hydrogen (secondary N) is 2. The van der Waals surface area contributed by atoms with Gasteiger partial charge in [0.2, 0.25) is 0 Å². The Kier molecular flexibility index (Phi) is 5.20. The first-order chi connectivity index (χ1) is 10.1. The Morgan fingerprint density at radius 1 is 1.05 bits per heavy atom. The SMILES string of the molecule is C/C(=N\NC(=O)Nc1ccccc1Cl)c1ccc(Cl)cc1. The van der Waals surface area contributed by atoms with Crippen molar-refractivity contribution in [2.24, 2.45) is 5.10 Å². The molecule has 0 aliphatic carbocycles. The van der Waals surface area contributed by atoms with Crippen LogP contribution in [0.2, 0.25) is 10.0 Å². The number of halogens is 2. The Morgan fingerprint density at radius 3 is 2.38 bits per heavy atom. The zero-order valence-corrected chi connectivity index (χ0v) is 12.7. The minimum absolute atomic E-state index is 0.462. The summed E-state index contributed by atoms with van der Waals surface area (Å²) >= 11 is 11.8. The van der Waals surface area contributed by atoms with E-state index >= 15 is 0 Å². The van der Waals surface area contributed by atoms with Crippen molar-refractivity contribution in [1.82, 2.24) is 5.43 Å². The van der Waals surface area contributed by atoms with Crippen molar-refractivity contribution >= 4 is 40.6 Å². The van der Waals surface area contributed by atoms with Crippen LogP contribution in [0.4, 0.5) is 10.5 Å². The average molecular weight is 322 g/mol. The predicted octanol–water partition coefficient (Wildman–Crippen LogP) is 4.54. The maximum absolute atomic E-state index is 11.7. The van der Waals surface area contributed by atoms with Gasteiger partial charge in [-0.15, -0.1) is 0 Å². The number of para-hydroxylation sites is 1. The molecule has 108 valence electrons. The molecule has 0 radical (unpaired) electrons. The van der Waals surface area contributed by atoms with Gasteiger partial charge in [0.1, 0.15) is 0 Å². The number of hydrogen-bond acceptors (Lipinski definition) is 2. The Balaban J connectivity index is 1.98. The van der Waals surface area contributed by atoms with Crippen LogP contribution in [-0.2, 0) is 0 Å². The van der Waals surface area contributed by atoms with Gasteiger partial charge in [0, 0.05) is 5.02 Å². The summed E-state index contributed by atoms with van der Waals surface area (Å²) in [5.41, 5.74) is 4.48. The van der Waals surface area contributed by atoms with E-state index in [0.717, 1.165) is 5.56 Å². The van der Waals surface area contributed by atoms with E-state index in [0.29, 0.717) is 21.4 Å². The fraction of sp³-hybridized carbons (Fsp3) is 0.0667. The first-order valence-corrected chi connectivity index (χ1v) is 6.93. The molecule has 4 nitrogen and oxygen atoms in total. The van der Waals surface area contributed by atoms with E-state index in [4.69, 9.17) is 23.2 Å². The number of hydrogen-bond donors (Lipinski definition) is 2. The minimum Gasteiger partial charge on any atom is -0.305 e. The van der Waals surface area contributed by atoms with Gasteiger partial charge in [0.05, 0.1) is 16.4 Å². The van der Waals surface area contributed by atoms with Crippen LogP contribution in [0.25, 0.3) is 0 Å². The molecule has 0 aliphatic rings. The molecule has 0 atom stereocenters. The van der Waals surface area contributed by atoms with Crippen molar-refractivity contribution < 1.29 is 4.79 Å². The highest BCUT2D eigenvalue weighted by Gasteiger charge is 2.04. The van der Waals surface area contributed by atoms with Gasteiger partial charge in [-0.2, -0.15) is 5.10 Å². The Hall–Kier alpha value is -2.04. The lowest BCUT2D eigenvalue weighted by Crippen LogP contribution is -2.25. The van der Waals surface area contributed by atoms with Crippen molar-refractivity contribution in [1.29, 1.82) is 0 Å². The van der Waals surface area contributed by atoms with E-state index in [1.807, 2.05) is 12.1 Å². The number of amides is 2. The number of hydrazone groups is 1. The number of benzene rings is 2. The van der Waals surface area contributed by atoms with Crippen LogP contribution < -0.4 is 10.7 Å². The maximum Gasteiger partial charge on any atom is 0.339 e. The Labute approximate surface area is 132 Å². The smallest absolute Gasteiger partial charge is 0.305 e. The molecule has 2 rings (SSSR count). The number of urea groups is 1. The molecule has 0 fully saturated rings. The second-order valence-electron chi connectivity index (χ2n) is 4.25. The third kappa shape index (κ3) is 4.48. The topological polar surface area (TPSA) is 53.5 Å². The van der Waals surface area contributed by atoms with E-state index in [2.05, 4.69) is 15.8 Å². The van der Waals surface area contributed by atoms with Crippen LogP contribution in [0.15, 0.2) is 53.6 Å². The number of nitrogens with zero attached hydrogens (tertiary/aromatic N) is 1. The number of carbonyl (C=O) groups excluding carboxylic acids is 1. The Bertz CT molecular complexity index is 669. The molecule has 0 unspecified atom stereocenters. The van der Waals surface area contributed by atoms with E-state index < -0.39 is 6.03 Å². The molecule has 0 saturated heterocycles. The highest BCUT2D eigenvalue weighted by molar-refractivity contribution is 6.33.